The van der Waals surface area contributed by atoms with Crippen molar-refractivity contribution in [1.29, 1.82) is 0 Å². The molecule has 0 aromatic heterocycles. The molecule has 2 aliphatic rings. The van der Waals surface area contributed by atoms with Gasteiger partial charge in [-0.05, 0) is 29.3 Å². The second-order valence-electron chi connectivity index (χ2n) is 7.94. The smallest absolute Gasteiger partial charge is 0.263 e. The van der Waals surface area contributed by atoms with Crippen LogP contribution in [0.25, 0.3) is 0 Å². The fraction of sp³-hybridized carbons (Fsp3) is 0.409. The van der Waals surface area contributed by atoms with Crippen molar-refractivity contribution in [1.82, 2.24) is 10.2 Å². The average Bonchev–Trinajstić information content (AvgIpc) is 2.77. The van der Waals surface area contributed by atoms with E-state index in [-0.39, 0.29) is 12.5 Å². The monoisotopic (exact) mass is 479 g/mol. The number of fused-ring (bicyclic) bond motifs is 1. The van der Waals surface area contributed by atoms with Gasteiger partial charge in [0.05, 0.1) is 31.7 Å². The molecule has 0 aliphatic carbocycles. The third-order valence-electron chi connectivity index (χ3n) is 5.48. The number of benzene rings is 2. The normalized spacial score (nSPS) is 19.2. The molecule has 0 unspecified atom stereocenters. The highest BCUT2D eigenvalue weighted by Gasteiger charge is 2.35. The van der Waals surface area contributed by atoms with Crippen molar-refractivity contribution >= 4 is 33.2 Å². The van der Waals surface area contributed by atoms with Crippen molar-refractivity contribution in [3.05, 3.63) is 58.6 Å². The number of amides is 1. The molecule has 1 amide bonds. The van der Waals surface area contributed by atoms with Crippen LogP contribution < -0.4 is 14.4 Å². The molecule has 1 saturated heterocycles. The van der Waals surface area contributed by atoms with Gasteiger partial charge >= 0.3 is 0 Å². The van der Waals surface area contributed by atoms with E-state index in [2.05, 4.69) is 22.3 Å². The Morgan fingerprint density at radius 2 is 1.81 bits per heavy atom. The van der Waals surface area contributed by atoms with E-state index in [1.807, 2.05) is 12.1 Å². The fourth-order valence-electron chi connectivity index (χ4n) is 3.76. The van der Waals surface area contributed by atoms with Gasteiger partial charge in [-0.2, -0.15) is 0 Å². The summed E-state index contributed by atoms with van der Waals surface area (Å²) in [7, 11) is -3.60. The Bertz CT molecular complexity index is 1070. The maximum Gasteiger partial charge on any atom is 0.263 e. The van der Waals surface area contributed by atoms with Crippen LogP contribution in [0.2, 0.25) is 5.02 Å². The summed E-state index contributed by atoms with van der Waals surface area (Å²) in [6, 6.07) is 12.8. The summed E-state index contributed by atoms with van der Waals surface area (Å²) < 4.78 is 36.8. The van der Waals surface area contributed by atoms with Gasteiger partial charge in [0.1, 0.15) is 5.75 Å². The third kappa shape index (κ3) is 5.53. The topological polar surface area (TPSA) is 88.2 Å². The Labute approximate surface area is 193 Å². The number of hydrogen-bond donors (Lipinski definition) is 1. The number of rotatable bonds is 6. The number of carbonyl (C=O) groups excluding carboxylic acids is 1. The zero-order valence-electron chi connectivity index (χ0n) is 17.8. The first-order chi connectivity index (χ1) is 15.3. The van der Waals surface area contributed by atoms with Gasteiger partial charge in [0.15, 0.2) is 6.10 Å². The summed E-state index contributed by atoms with van der Waals surface area (Å²) in [5.41, 5.74) is 2.49. The summed E-state index contributed by atoms with van der Waals surface area (Å²) in [6.45, 7) is 4.47. The molecule has 2 aromatic rings. The van der Waals surface area contributed by atoms with Gasteiger partial charge in [-0.3, -0.25) is 14.0 Å². The second-order valence-corrected chi connectivity index (χ2v) is 10.3. The molecule has 0 bridgehead atoms. The maximum absolute atomic E-state index is 12.7. The summed E-state index contributed by atoms with van der Waals surface area (Å²) in [5, 5.41) is 3.24. The number of nitrogens with one attached hydrogen (secondary N) is 1. The molecular weight excluding hydrogens is 454 g/mol. The average molecular weight is 480 g/mol. The lowest BCUT2D eigenvalue weighted by atomic mass is 10.1. The minimum absolute atomic E-state index is 0.115. The Kier molecular flexibility index (Phi) is 6.90. The molecule has 0 radical (unpaired) electrons. The molecule has 2 aliphatic heterocycles. The van der Waals surface area contributed by atoms with Gasteiger partial charge in [-0.25, -0.2) is 8.42 Å². The molecule has 2 heterocycles. The minimum atomic E-state index is -3.60. The van der Waals surface area contributed by atoms with Crippen molar-refractivity contribution in [2.24, 2.45) is 0 Å². The predicted octanol–water partition coefficient (Wildman–Crippen LogP) is 2.02. The second kappa shape index (κ2) is 9.66. The number of halogens is 1. The molecule has 1 atom stereocenters. The molecule has 4 rings (SSSR count). The fourth-order valence-corrected chi connectivity index (χ4v) is 4.83. The van der Waals surface area contributed by atoms with Crippen LogP contribution in [0, 0.1) is 0 Å². The first kappa shape index (κ1) is 22.8. The number of carbonyl (C=O) groups is 1. The van der Waals surface area contributed by atoms with E-state index in [1.54, 1.807) is 12.1 Å². The van der Waals surface area contributed by atoms with Crippen LogP contribution in [0.15, 0.2) is 42.5 Å². The lowest BCUT2D eigenvalue weighted by Gasteiger charge is -2.34. The van der Waals surface area contributed by atoms with E-state index < -0.39 is 16.1 Å². The van der Waals surface area contributed by atoms with Gasteiger partial charge in [0.2, 0.25) is 10.0 Å². The van der Waals surface area contributed by atoms with Crippen LogP contribution in [0.4, 0.5) is 5.69 Å². The molecule has 8 nitrogen and oxygen atoms in total. The van der Waals surface area contributed by atoms with Crippen LogP contribution in [0.5, 0.6) is 5.75 Å². The number of sulfonamides is 1. The highest BCUT2D eigenvalue weighted by atomic mass is 35.5. The first-order valence-corrected chi connectivity index (χ1v) is 12.6. The largest absolute Gasteiger partial charge is 0.476 e. The van der Waals surface area contributed by atoms with E-state index in [9.17, 15) is 13.2 Å². The highest BCUT2D eigenvalue weighted by molar-refractivity contribution is 7.92. The molecule has 10 heteroatoms. The number of nitrogens with zero attached hydrogens (tertiary/aromatic N) is 2. The summed E-state index contributed by atoms with van der Waals surface area (Å²) in [4.78, 5) is 15.1. The van der Waals surface area contributed by atoms with Crippen molar-refractivity contribution in [2.45, 2.75) is 19.2 Å². The van der Waals surface area contributed by atoms with Gasteiger partial charge in [0.25, 0.3) is 5.91 Å². The van der Waals surface area contributed by atoms with Crippen LogP contribution in [-0.4, -0.2) is 64.4 Å². The zero-order chi connectivity index (χ0) is 22.7. The molecular formula is C22H26ClN3O5S. The van der Waals surface area contributed by atoms with Crippen LogP contribution >= 0.6 is 11.6 Å². The number of hydrogen-bond acceptors (Lipinski definition) is 6. The molecule has 172 valence electrons. The highest BCUT2D eigenvalue weighted by Crippen LogP contribution is 2.37. The Hall–Kier alpha value is -2.33. The third-order valence-corrected chi connectivity index (χ3v) is 6.86. The summed E-state index contributed by atoms with van der Waals surface area (Å²) >= 11 is 6.01. The first-order valence-electron chi connectivity index (χ1n) is 10.4. The molecule has 0 spiro atoms. The Balaban J connectivity index is 1.37. The lowest BCUT2D eigenvalue weighted by Crippen LogP contribution is -2.50. The maximum atomic E-state index is 12.7. The molecule has 1 N–H and O–H groups in total. The number of anilines is 1. The lowest BCUT2D eigenvalue weighted by molar-refractivity contribution is -0.127. The predicted molar refractivity (Wildman–Crippen MR) is 122 cm³/mol. The van der Waals surface area contributed by atoms with Crippen molar-refractivity contribution in [3.63, 3.8) is 0 Å². The molecule has 1 fully saturated rings. The van der Waals surface area contributed by atoms with Crippen molar-refractivity contribution in [3.8, 4) is 5.75 Å². The van der Waals surface area contributed by atoms with Crippen molar-refractivity contribution < 1.29 is 22.7 Å². The van der Waals surface area contributed by atoms with Crippen molar-refractivity contribution in [2.75, 3.05) is 43.4 Å². The molecule has 32 heavy (non-hydrogen) atoms. The number of ether oxygens (including phenoxy) is 2. The Morgan fingerprint density at radius 1 is 1.12 bits per heavy atom. The van der Waals surface area contributed by atoms with Gasteiger partial charge in [0, 0.05) is 31.2 Å². The molecule has 0 saturated carbocycles. The van der Waals surface area contributed by atoms with E-state index >= 15 is 0 Å². The van der Waals surface area contributed by atoms with E-state index in [1.165, 1.54) is 11.6 Å². The van der Waals surface area contributed by atoms with Gasteiger partial charge in [-0.1, -0.05) is 35.9 Å². The number of morpholine rings is 1. The standard InChI is InChI=1S/C22H26ClN3O5S/c1-32(28,29)26-15-21(31-20-7-6-18(23)12-19(20)26)22(27)24-13-16-2-4-17(5-3-16)14-25-8-10-30-11-9-25/h2-7,12,21H,8-11,13-15H2,1H3,(H,24,27)/t21-/m1/s1. The van der Waals surface area contributed by atoms with E-state index in [0.717, 1.165) is 49.0 Å². The van der Waals surface area contributed by atoms with Gasteiger partial charge < -0.3 is 14.8 Å². The van der Waals surface area contributed by atoms with E-state index in [0.29, 0.717) is 23.0 Å². The van der Waals surface area contributed by atoms with Crippen LogP contribution in [0.3, 0.4) is 0 Å². The Morgan fingerprint density at radius 3 is 2.50 bits per heavy atom. The van der Waals surface area contributed by atoms with E-state index in [4.69, 9.17) is 21.1 Å². The SMILES string of the molecule is CS(=O)(=O)N1C[C@H](C(=O)NCc2ccc(CN3CCOCC3)cc2)Oc2ccc(Cl)cc21. The zero-order valence-corrected chi connectivity index (χ0v) is 19.4. The van der Waals surface area contributed by atoms with Crippen LogP contribution in [-0.2, 0) is 32.6 Å². The minimum Gasteiger partial charge on any atom is -0.476 e. The molecule has 2 aromatic carbocycles. The van der Waals surface area contributed by atoms with Gasteiger partial charge in [-0.15, -0.1) is 0 Å². The quantitative estimate of drug-likeness (QED) is 0.682. The summed E-state index contributed by atoms with van der Waals surface area (Å²) in [6.07, 6.45) is 0.134. The summed E-state index contributed by atoms with van der Waals surface area (Å²) in [5.74, 6) is -0.0738. The van der Waals surface area contributed by atoms with Crippen LogP contribution in [0.1, 0.15) is 11.1 Å².